The normalized spacial score (nSPS) is 19.5. The van der Waals surface area contributed by atoms with E-state index in [9.17, 15) is 13.2 Å². The van der Waals surface area contributed by atoms with Gasteiger partial charge in [-0.3, -0.25) is 4.31 Å². The second kappa shape index (κ2) is 4.52. The molecule has 0 saturated carbocycles. The van der Waals surface area contributed by atoms with Crippen LogP contribution in [0.25, 0.3) is 0 Å². The van der Waals surface area contributed by atoms with Crippen molar-refractivity contribution in [3.8, 4) is 0 Å². The van der Waals surface area contributed by atoms with Crippen LogP contribution in [-0.2, 0) is 19.6 Å². The summed E-state index contributed by atoms with van der Waals surface area (Å²) in [6.45, 7) is 0.0547. The van der Waals surface area contributed by atoms with Crippen molar-refractivity contribution in [2.45, 2.75) is 6.42 Å². The molecule has 0 spiro atoms. The van der Waals surface area contributed by atoms with Crippen LogP contribution >= 0.6 is 0 Å². The summed E-state index contributed by atoms with van der Waals surface area (Å²) < 4.78 is 28.2. The monoisotopic (exact) mass is 248 g/mol. The molecule has 1 aliphatic rings. The molecule has 0 unspecified atom stereocenters. The van der Waals surface area contributed by atoms with Crippen molar-refractivity contribution in [2.24, 2.45) is 5.16 Å². The number of ether oxygens (including phenoxy) is 1. The lowest BCUT2D eigenvalue weighted by Gasteiger charge is -2.26. The Morgan fingerprint density at radius 2 is 2.25 bits per heavy atom. The Morgan fingerprint density at radius 1 is 1.62 bits per heavy atom. The molecule has 8 heteroatoms. The number of hydrogen-bond acceptors (Lipinski definition) is 6. The van der Waals surface area contributed by atoms with Crippen molar-refractivity contribution in [3.05, 3.63) is 11.8 Å². The SMILES string of the molecule is COC(=O)C1=C/C(=N/O)CCN1S(C)(=O)=O. The number of hydrogen-bond donors (Lipinski definition) is 1. The van der Waals surface area contributed by atoms with Gasteiger partial charge in [-0.25, -0.2) is 13.2 Å². The number of rotatable bonds is 2. The van der Waals surface area contributed by atoms with Crippen LogP contribution in [0.3, 0.4) is 0 Å². The summed E-state index contributed by atoms with van der Waals surface area (Å²) in [6.07, 6.45) is 2.42. The van der Waals surface area contributed by atoms with Crippen LogP contribution in [-0.4, -0.2) is 49.5 Å². The minimum absolute atomic E-state index is 0.0547. The number of carbonyl (C=O) groups excluding carboxylic acids is 1. The number of nitrogens with zero attached hydrogens (tertiary/aromatic N) is 2. The Bertz CT molecular complexity index is 451. The molecule has 90 valence electrons. The third kappa shape index (κ3) is 2.51. The molecule has 0 bridgehead atoms. The van der Waals surface area contributed by atoms with Gasteiger partial charge in [0, 0.05) is 13.0 Å². The maximum absolute atomic E-state index is 11.4. The zero-order valence-corrected chi connectivity index (χ0v) is 9.69. The molecule has 1 rings (SSSR count). The summed E-state index contributed by atoms with van der Waals surface area (Å²) in [5.41, 5.74) is 0.0874. The van der Waals surface area contributed by atoms with E-state index in [1.54, 1.807) is 0 Å². The molecule has 0 radical (unpaired) electrons. The number of sulfonamides is 1. The first-order valence-electron chi connectivity index (χ1n) is 4.38. The fourth-order valence-electron chi connectivity index (χ4n) is 1.33. The lowest BCUT2D eigenvalue weighted by atomic mass is 10.1. The van der Waals surface area contributed by atoms with Gasteiger partial charge in [-0.2, -0.15) is 0 Å². The molecule has 0 aliphatic carbocycles. The van der Waals surface area contributed by atoms with Crippen molar-refractivity contribution in [1.82, 2.24) is 4.31 Å². The van der Waals surface area contributed by atoms with Gasteiger partial charge in [-0.05, 0) is 6.08 Å². The van der Waals surface area contributed by atoms with Crippen molar-refractivity contribution in [2.75, 3.05) is 19.9 Å². The highest BCUT2D eigenvalue weighted by Crippen LogP contribution is 2.18. The van der Waals surface area contributed by atoms with E-state index in [4.69, 9.17) is 5.21 Å². The van der Waals surface area contributed by atoms with E-state index >= 15 is 0 Å². The predicted octanol–water partition coefficient (Wildman–Crippen LogP) is -0.461. The van der Waals surface area contributed by atoms with E-state index in [0.29, 0.717) is 0 Å². The molecule has 0 aromatic heterocycles. The molecule has 0 amide bonds. The van der Waals surface area contributed by atoms with Crippen molar-refractivity contribution < 1.29 is 23.2 Å². The van der Waals surface area contributed by atoms with Crippen LogP contribution < -0.4 is 0 Å². The lowest BCUT2D eigenvalue weighted by Crippen LogP contribution is -2.38. The highest BCUT2D eigenvalue weighted by Gasteiger charge is 2.29. The zero-order valence-electron chi connectivity index (χ0n) is 8.87. The highest BCUT2D eigenvalue weighted by molar-refractivity contribution is 7.88. The summed E-state index contributed by atoms with van der Waals surface area (Å²) in [5.74, 6) is -0.786. The van der Waals surface area contributed by atoms with Crippen molar-refractivity contribution in [3.63, 3.8) is 0 Å². The van der Waals surface area contributed by atoms with E-state index in [1.165, 1.54) is 6.08 Å². The first-order chi connectivity index (χ1) is 7.40. The van der Waals surface area contributed by atoms with E-state index in [-0.39, 0.29) is 24.4 Å². The van der Waals surface area contributed by atoms with Crippen LogP contribution in [0.15, 0.2) is 16.9 Å². The molecule has 1 heterocycles. The Hall–Kier alpha value is -1.57. The maximum Gasteiger partial charge on any atom is 0.355 e. The van der Waals surface area contributed by atoms with Crippen LogP contribution in [0.5, 0.6) is 0 Å². The Labute approximate surface area is 93.0 Å². The minimum atomic E-state index is -3.53. The number of esters is 1. The van der Waals surface area contributed by atoms with E-state index in [1.807, 2.05) is 0 Å². The second-order valence-electron chi connectivity index (χ2n) is 3.20. The summed E-state index contributed by atoms with van der Waals surface area (Å²) in [7, 11) is -2.39. The molecular weight excluding hydrogens is 236 g/mol. The molecule has 1 aliphatic heterocycles. The molecule has 0 aromatic rings. The average Bonchev–Trinajstić information content (AvgIpc) is 2.25. The number of oxime groups is 1. The summed E-state index contributed by atoms with van der Waals surface area (Å²) >= 11 is 0. The van der Waals surface area contributed by atoms with Gasteiger partial charge in [0.25, 0.3) is 0 Å². The maximum atomic E-state index is 11.4. The molecule has 0 saturated heterocycles. The predicted molar refractivity (Wildman–Crippen MR) is 55.5 cm³/mol. The Balaban J connectivity index is 3.19. The third-order valence-electron chi connectivity index (χ3n) is 2.07. The molecule has 0 aromatic carbocycles. The lowest BCUT2D eigenvalue weighted by molar-refractivity contribution is -0.137. The van der Waals surface area contributed by atoms with Gasteiger partial charge in [0.05, 0.1) is 19.1 Å². The standard InChI is InChI=1S/C8H12N2O5S/c1-15-8(11)7-5-6(9-12)3-4-10(7)16(2,13)14/h5,12H,3-4H2,1-2H3/b9-6+. The zero-order chi connectivity index (χ0) is 12.3. The number of methoxy groups -OCH3 is 1. The third-order valence-corrected chi connectivity index (χ3v) is 3.25. The molecule has 16 heavy (non-hydrogen) atoms. The fourth-order valence-corrected chi connectivity index (χ4v) is 2.23. The second-order valence-corrected chi connectivity index (χ2v) is 5.10. The first-order valence-corrected chi connectivity index (χ1v) is 6.23. The number of allylic oxidation sites excluding steroid dienone is 1. The largest absolute Gasteiger partial charge is 0.464 e. The molecule has 0 atom stereocenters. The Kier molecular flexibility index (Phi) is 3.53. The molecule has 7 nitrogen and oxygen atoms in total. The highest BCUT2D eigenvalue weighted by atomic mass is 32.2. The van der Waals surface area contributed by atoms with Crippen LogP contribution in [0.4, 0.5) is 0 Å². The quantitative estimate of drug-likeness (QED) is 0.405. The fraction of sp³-hybridized carbons (Fsp3) is 0.500. The van der Waals surface area contributed by atoms with Crippen LogP contribution in [0.2, 0.25) is 0 Å². The smallest absolute Gasteiger partial charge is 0.355 e. The van der Waals surface area contributed by atoms with Crippen LogP contribution in [0.1, 0.15) is 6.42 Å². The van der Waals surface area contributed by atoms with E-state index < -0.39 is 16.0 Å². The van der Waals surface area contributed by atoms with Gasteiger partial charge in [0.2, 0.25) is 10.0 Å². The summed E-state index contributed by atoms with van der Waals surface area (Å²) in [5, 5.41) is 11.5. The molecule has 1 N–H and O–H groups in total. The van der Waals surface area contributed by atoms with Gasteiger partial charge in [-0.15, -0.1) is 0 Å². The minimum Gasteiger partial charge on any atom is -0.464 e. The summed E-state index contributed by atoms with van der Waals surface area (Å²) in [4.78, 5) is 11.4. The molecular formula is C8H12N2O5S. The summed E-state index contributed by atoms with van der Waals surface area (Å²) in [6, 6.07) is 0. The van der Waals surface area contributed by atoms with Gasteiger partial charge in [0.15, 0.2) is 0 Å². The number of carbonyl (C=O) groups is 1. The van der Waals surface area contributed by atoms with E-state index in [2.05, 4.69) is 9.89 Å². The van der Waals surface area contributed by atoms with Gasteiger partial charge in [0.1, 0.15) is 5.70 Å². The van der Waals surface area contributed by atoms with Crippen LogP contribution in [0, 0.1) is 0 Å². The van der Waals surface area contributed by atoms with Gasteiger partial charge in [-0.1, -0.05) is 5.16 Å². The van der Waals surface area contributed by atoms with Gasteiger partial charge < -0.3 is 9.94 Å². The van der Waals surface area contributed by atoms with Gasteiger partial charge >= 0.3 is 5.97 Å². The Morgan fingerprint density at radius 3 is 2.69 bits per heavy atom. The first kappa shape index (κ1) is 12.5. The van der Waals surface area contributed by atoms with E-state index in [0.717, 1.165) is 17.7 Å². The van der Waals surface area contributed by atoms with Crippen molar-refractivity contribution >= 4 is 21.7 Å². The van der Waals surface area contributed by atoms with Crippen molar-refractivity contribution in [1.29, 1.82) is 0 Å². The molecule has 0 fully saturated rings. The average molecular weight is 248 g/mol. The topological polar surface area (TPSA) is 96.3 Å².